The van der Waals surface area contributed by atoms with Crippen LogP contribution in [-0.2, 0) is 23.1 Å². The highest BCUT2D eigenvalue weighted by Crippen LogP contribution is 2.44. The normalized spacial score (nSPS) is 13.0. The van der Waals surface area contributed by atoms with Crippen LogP contribution < -0.4 is 10.6 Å². The number of carboxylic acids is 1. The van der Waals surface area contributed by atoms with Gasteiger partial charge in [-0.3, -0.25) is 9.48 Å². The van der Waals surface area contributed by atoms with Gasteiger partial charge in [0.05, 0.1) is 30.6 Å². The molecule has 0 bridgehead atoms. The number of fused-ring (bicyclic) bond motifs is 3. The van der Waals surface area contributed by atoms with Crippen molar-refractivity contribution in [2.45, 2.75) is 18.5 Å². The van der Waals surface area contributed by atoms with Crippen molar-refractivity contribution in [3.63, 3.8) is 0 Å². The third-order valence-electron chi connectivity index (χ3n) is 5.84. The van der Waals surface area contributed by atoms with Gasteiger partial charge in [-0.15, -0.1) is 0 Å². The summed E-state index contributed by atoms with van der Waals surface area (Å²) in [5.41, 5.74) is 4.88. The molecule has 0 fully saturated rings. The van der Waals surface area contributed by atoms with E-state index in [0.29, 0.717) is 5.69 Å². The van der Waals surface area contributed by atoms with Crippen LogP contribution in [0.2, 0.25) is 0 Å². The molecule has 0 spiro atoms. The number of hydrogen-bond acceptors (Lipinski definition) is 6. The van der Waals surface area contributed by atoms with Crippen molar-refractivity contribution in [3.8, 4) is 11.1 Å². The number of rotatable bonds is 8. The van der Waals surface area contributed by atoms with Crippen LogP contribution in [-0.4, -0.2) is 57.2 Å². The lowest BCUT2D eigenvalue weighted by Gasteiger charge is -2.15. The Hall–Kier alpha value is -4.18. The summed E-state index contributed by atoms with van der Waals surface area (Å²) in [6.07, 6.45) is 0.605. The van der Waals surface area contributed by atoms with Crippen LogP contribution in [0.3, 0.4) is 0 Å². The number of ether oxygens (including phenoxy) is 1. The van der Waals surface area contributed by atoms with Gasteiger partial charge in [0.25, 0.3) is 5.91 Å². The van der Waals surface area contributed by atoms with Crippen molar-refractivity contribution in [1.82, 2.24) is 20.4 Å². The second kappa shape index (κ2) is 9.75. The molecule has 10 heteroatoms. The minimum atomic E-state index is -1.45. The largest absolute Gasteiger partial charge is 0.480 e. The average Bonchev–Trinajstić information content (AvgIpc) is 3.37. The van der Waals surface area contributed by atoms with Crippen LogP contribution in [0.5, 0.6) is 0 Å². The number of benzene rings is 2. The molecule has 2 aromatic carbocycles. The van der Waals surface area contributed by atoms with E-state index in [2.05, 4.69) is 27.9 Å². The van der Waals surface area contributed by atoms with Crippen molar-refractivity contribution in [3.05, 3.63) is 77.1 Å². The van der Waals surface area contributed by atoms with E-state index < -0.39 is 30.6 Å². The zero-order valence-corrected chi connectivity index (χ0v) is 18.4. The Morgan fingerprint density at radius 1 is 1.09 bits per heavy atom. The molecule has 0 radical (unpaired) electrons. The fourth-order valence-electron chi connectivity index (χ4n) is 4.09. The number of amides is 2. The number of carboxylic acid groups (broad SMARTS) is 1. The molecule has 4 rings (SSSR count). The molecule has 1 aliphatic carbocycles. The van der Waals surface area contributed by atoms with Gasteiger partial charge in [-0.2, -0.15) is 5.10 Å². The number of aliphatic hydroxyl groups excluding tert-OH is 1. The highest BCUT2D eigenvalue weighted by atomic mass is 16.5. The van der Waals surface area contributed by atoms with Gasteiger partial charge in [0.15, 0.2) is 6.04 Å². The Bertz CT molecular complexity index is 1190. The molecule has 0 saturated carbocycles. The number of aliphatic hydroxyl groups is 1. The Balaban J connectivity index is 1.39. The van der Waals surface area contributed by atoms with Crippen molar-refractivity contribution in [1.29, 1.82) is 0 Å². The molecule has 3 aromatic rings. The van der Waals surface area contributed by atoms with E-state index in [1.54, 1.807) is 7.05 Å². The van der Waals surface area contributed by atoms with Crippen molar-refractivity contribution < 1.29 is 29.3 Å². The maximum atomic E-state index is 12.5. The topological polar surface area (TPSA) is 143 Å². The summed E-state index contributed by atoms with van der Waals surface area (Å²) in [4.78, 5) is 36.0. The maximum Gasteiger partial charge on any atom is 0.407 e. The Morgan fingerprint density at radius 3 is 2.29 bits per heavy atom. The number of alkyl carbamates (subject to hydrolysis) is 1. The molecule has 1 aromatic heterocycles. The first kappa shape index (κ1) is 23.0. The van der Waals surface area contributed by atoms with E-state index in [4.69, 9.17) is 14.9 Å². The van der Waals surface area contributed by atoms with Gasteiger partial charge in [0.1, 0.15) is 6.61 Å². The average molecular weight is 464 g/mol. The quantitative estimate of drug-likeness (QED) is 0.397. The van der Waals surface area contributed by atoms with Crippen LogP contribution in [0.1, 0.15) is 33.1 Å². The molecule has 0 saturated heterocycles. The second-order valence-corrected chi connectivity index (χ2v) is 7.85. The minimum Gasteiger partial charge on any atom is -0.480 e. The molecule has 1 heterocycles. The highest BCUT2D eigenvalue weighted by molar-refractivity contribution is 5.97. The van der Waals surface area contributed by atoms with Crippen molar-refractivity contribution in [2.24, 2.45) is 7.05 Å². The fraction of sp³-hybridized carbons (Fsp3) is 0.250. The van der Waals surface area contributed by atoms with Gasteiger partial charge < -0.3 is 25.6 Å². The molecule has 1 unspecified atom stereocenters. The number of nitrogens with zero attached hydrogens (tertiary/aromatic N) is 2. The lowest BCUT2D eigenvalue weighted by atomic mass is 9.98. The van der Waals surface area contributed by atoms with Gasteiger partial charge in [-0.05, 0) is 22.3 Å². The van der Waals surface area contributed by atoms with Crippen molar-refractivity contribution in [2.75, 3.05) is 13.2 Å². The Labute approximate surface area is 195 Å². The third-order valence-corrected chi connectivity index (χ3v) is 5.84. The minimum absolute atomic E-state index is 0.0627. The smallest absolute Gasteiger partial charge is 0.407 e. The summed E-state index contributed by atoms with van der Waals surface area (Å²) < 4.78 is 6.90. The van der Waals surface area contributed by atoms with Crippen LogP contribution in [0.25, 0.3) is 11.1 Å². The number of carbonyl (C=O) groups is 3. The van der Waals surface area contributed by atoms with Crippen LogP contribution in [0, 0.1) is 0 Å². The SMILES string of the molecule is Cn1ncc(C(=O)NC(CO)C(=O)O)c1CNC(=O)OCC1c2ccccc2-c2ccccc21. The predicted molar refractivity (Wildman–Crippen MR) is 121 cm³/mol. The summed E-state index contributed by atoms with van der Waals surface area (Å²) in [5.74, 6) is -2.17. The lowest BCUT2D eigenvalue weighted by Crippen LogP contribution is -2.43. The molecular weight excluding hydrogens is 440 g/mol. The van der Waals surface area contributed by atoms with Gasteiger partial charge in [0.2, 0.25) is 0 Å². The van der Waals surface area contributed by atoms with Gasteiger partial charge in [-0.1, -0.05) is 48.5 Å². The van der Waals surface area contributed by atoms with E-state index >= 15 is 0 Å². The Morgan fingerprint density at radius 2 is 1.71 bits per heavy atom. The summed E-state index contributed by atoms with van der Waals surface area (Å²) in [7, 11) is 1.59. The van der Waals surface area contributed by atoms with E-state index in [1.165, 1.54) is 10.9 Å². The molecular formula is C24H24N4O6. The van der Waals surface area contributed by atoms with Gasteiger partial charge in [0, 0.05) is 13.0 Å². The summed E-state index contributed by atoms with van der Waals surface area (Å²) in [5, 5.41) is 27.0. The van der Waals surface area contributed by atoms with Crippen LogP contribution >= 0.6 is 0 Å². The number of aliphatic carboxylic acids is 1. The van der Waals surface area contributed by atoms with Crippen LogP contribution in [0.4, 0.5) is 4.79 Å². The molecule has 10 nitrogen and oxygen atoms in total. The molecule has 4 N–H and O–H groups in total. The number of aromatic nitrogens is 2. The number of hydrogen-bond donors (Lipinski definition) is 4. The second-order valence-electron chi connectivity index (χ2n) is 7.85. The van der Waals surface area contributed by atoms with Crippen molar-refractivity contribution >= 4 is 18.0 Å². The fourth-order valence-corrected chi connectivity index (χ4v) is 4.09. The lowest BCUT2D eigenvalue weighted by molar-refractivity contribution is -0.140. The molecule has 176 valence electrons. The van der Waals surface area contributed by atoms with E-state index in [0.717, 1.165) is 22.3 Å². The highest BCUT2D eigenvalue weighted by Gasteiger charge is 2.29. The zero-order valence-electron chi connectivity index (χ0n) is 18.4. The summed E-state index contributed by atoms with van der Waals surface area (Å²) >= 11 is 0. The first-order chi connectivity index (χ1) is 16.4. The number of aryl methyl sites for hydroxylation is 1. The zero-order chi connectivity index (χ0) is 24.2. The number of nitrogens with one attached hydrogen (secondary N) is 2. The molecule has 34 heavy (non-hydrogen) atoms. The monoisotopic (exact) mass is 464 g/mol. The van der Waals surface area contributed by atoms with Gasteiger partial charge in [-0.25, -0.2) is 9.59 Å². The Kier molecular flexibility index (Phi) is 6.60. The van der Waals surface area contributed by atoms with E-state index in [1.807, 2.05) is 36.4 Å². The first-order valence-corrected chi connectivity index (χ1v) is 10.6. The molecule has 0 aliphatic heterocycles. The molecule has 1 aliphatic rings. The van der Waals surface area contributed by atoms with Gasteiger partial charge >= 0.3 is 12.1 Å². The van der Waals surface area contributed by atoms with E-state index in [-0.39, 0.29) is 24.6 Å². The van der Waals surface area contributed by atoms with Crippen LogP contribution in [0.15, 0.2) is 54.7 Å². The molecule has 2 amide bonds. The maximum absolute atomic E-state index is 12.5. The predicted octanol–water partition coefficient (Wildman–Crippen LogP) is 1.63. The first-order valence-electron chi connectivity index (χ1n) is 10.6. The van der Waals surface area contributed by atoms with E-state index in [9.17, 15) is 14.4 Å². The summed E-state index contributed by atoms with van der Waals surface area (Å²) in [6.45, 7) is -0.670. The molecule has 1 atom stereocenters. The number of carbonyl (C=O) groups excluding carboxylic acids is 2. The third kappa shape index (κ3) is 4.48. The summed E-state index contributed by atoms with van der Waals surface area (Å²) in [6, 6.07) is 14.6. The standard InChI is InChI=1S/C24H24N4O6/c1-28-21(18(10-26-28)22(30)27-20(12-29)23(31)32)11-25-24(33)34-13-19-16-8-4-2-6-14(16)15-7-3-5-9-17(15)19/h2-10,19-20,29H,11-13H2,1H3,(H,25,33)(H,27,30)(H,31,32).